The summed E-state index contributed by atoms with van der Waals surface area (Å²) in [5.41, 5.74) is 0.870. The minimum Gasteiger partial charge on any atom is -0.488 e. The normalized spacial score (nSPS) is 23.6. The van der Waals surface area contributed by atoms with E-state index in [1.54, 1.807) is 12.4 Å². The van der Waals surface area contributed by atoms with E-state index < -0.39 is 0 Å². The van der Waals surface area contributed by atoms with E-state index in [1.165, 1.54) is 38.5 Å². The Labute approximate surface area is 209 Å². The Hall–Kier alpha value is -2.47. The number of rotatable bonds is 13. The van der Waals surface area contributed by atoms with Gasteiger partial charge in [-0.2, -0.15) is 0 Å². The summed E-state index contributed by atoms with van der Waals surface area (Å²) in [6.45, 7) is 4.97. The first kappa shape index (κ1) is 25.6. The molecule has 35 heavy (non-hydrogen) atoms. The number of benzene rings is 1. The fourth-order valence-corrected chi connectivity index (χ4v) is 4.94. The standard InChI is InChI=1S/C29H40N2O4/c1-3-5-7-8-21-10-12-23(13-11-21)29(32)34-24-16-14-22(15-17-24)28-30-18-25(19-31-28)33-20-27-26(35-27)9-6-4-2/h14-19,21,23,26-27H,3-13,20H2,1-2H3. The Morgan fingerprint density at radius 3 is 2.29 bits per heavy atom. The molecule has 2 unspecified atom stereocenters. The lowest BCUT2D eigenvalue weighted by atomic mass is 9.80. The van der Waals surface area contributed by atoms with Crippen LogP contribution in [0.2, 0.25) is 0 Å². The molecule has 2 heterocycles. The molecule has 6 heteroatoms. The van der Waals surface area contributed by atoms with Crippen LogP contribution in [0.1, 0.15) is 84.5 Å². The van der Waals surface area contributed by atoms with Crippen molar-refractivity contribution >= 4 is 5.97 Å². The summed E-state index contributed by atoms with van der Waals surface area (Å²) >= 11 is 0. The molecule has 0 spiro atoms. The second-order valence-electron chi connectivity index (χ2n) is 10.1. The number of epoxide rings is 1. The van der Waals surface area contributed by atoms with Crippen LogP contribution in [-0.4, -0.2) is 34.8 Å². The van der Waals surface area contributed by atoms with E-state index in [0.717, 1.165) is 43.6 Å². The molecule has 1 saturated heterocycles. The second-order valence-corrected chi connectivity index (χ2v) is 10.1. The average molecular weight is 481 g/mol. The molecule has 2 aromatic rings. The van der Waals surface area contributed by atoms with Crippen molar-refractivity contribution in [3.05, 3.63) is 36.7 Å². The number of hydrogen-bond donors (Lipinski definition) is 0. The van der Waals surface area contributed by atoms with E-state index in [-0.39, 0.29) is 18.0 Å². The lowest BCUT2D eigenvalue weighted by Crippen LogP contribution is -2.25. The molecule has 190 valence electrons. The topological polar surface area (TPSA) is 73.8 Å². The maximum absolute atomic E-state index is 12.6. The van der Waals surface area contributed by atoms with Crippen LogP contribution >= 0.6 is 0 Å². The van der Waals surface area contributed by atoms with E-state index in [9.17, 15) is 4.79 Å². The van der Waals surface area contributed by atoms with Gasteiger partial charge in [-0.25, -0.2) is 9.97 Å². The molecular formula is C29H40N2O4. The van der Waals surface area contributed by atoms with Gasteiger partial charge in [0.15, 0.2) is 11.6 Å². The zero-order valence-corrected chi connectivity index (χ0v) is 21.3. The van der Waals surface area contributed by atoms with Gasteiger partial charge in [0.25, 0.3) is 0 Å². The number of carbonyl (C=O) groups is 1. The third kappa shape index (κ3) is 7.76. The third-order valence-electron chi connectivity index (χ3n) is 7.30. The largest absolute Gasteiger partial charge is 0.488 e. The molecule has 1 aliphatic heterocycles. The Bertz CT molecular complexity index is 907. The zero-order chi connectivity index (χ0) is 24.5. The van der Waals surface area contributed by atoms with Gasteiger partial charge in [-0.1, -0.05) is 52.4 Å². The molecule has 0 N–H and O–H groups in total. The van der Waals surface area contributed by atoms with Crippen molar-refractivity contribution in [2.24, 2.45) is 11.8 Å². The summed E-state index contributed by atoms with van der Waals surface area (Å²) in [5.74, 6) is 2.54. The fourth-order valence-electron chi connectivity index (χ4n) is 4.94. The summed E-state index contributed by atoms with van der Waals surface area (Å²) in [4.78, 5) is 21.5. The molecule has 1 aromatic heterocycles. The minimum atomic E-state index is -0.0981. The highest BCUT2D eigenvalue weighted by Crippen LogP contribution is 2.33. The van der Waals surface area contributed by atoms with Crippen LogP contribution in [0.5, 0.6) is 11.5 Å². The Kier molecular flexibility index (Phi) is 9.52. The van der Waals surface area contributed by atoms with Crippen LogP contribution in [0.4, 0.5) is 0 Å². The Morgan fingerprint density at radius 2 is 1.60 bits per heavy atom. The molecule has 1 saturated carbocycles. The molecule has 0 amide bonds. The number of esters is 1. The molecule has 6 nitrogen and oxygen atoms in total. The number of nitrogens with zero attached hydrogens (tertiary/aromatic N) is 2. The number of aromatic nitrogens is 2. The predicted molar refractivity (Wildman–Crippen MR) is 136 cm³/mol. The highest BCUT2D eigenvalue weighted by molar-refractivity contribution is 5.75. The van der Waals surface area contributed by atoms with Crippen LogP contribution in [0.15, 0.2) is 36.7 Å². The van der Waals surface area contributed by atoms with E-state index in [4.69, 9.17) is 14.2 Å². The lowest BCUT2D eigenvalue weighted by molar-refractivity contribution is -0.140. The van der Waals surface area contributed by atoms with Crippen molar-refractivity contribution in [1.82, 2.24) is 9.97 Å². The maximum Gasteiger partial charge on any atom is 0.314 e. The first-order valence-corrected chi connectivity index (χ1v) is 13.6. The van der Waals surface area contributed by atoms with Crippen molar-refractivity contribution in [2.75, 3.05) is 6.61 Å². The Morgan fingerprint density at radius 1 is 0.886 bits per heavy atom. The number of unbranched alkanes of at least 4 members (excludes halogenated alkanes) is 3. The first-order valence-electron chi connectivity index (χ1n) is 13.6. The van der Waals surface area contributed by atoms with Gasteiger partial charge >= 0.3 is 5.97 Å². The second kappa shape index (κ2) is 13.0. The van der Waals surface area contributed by atoms with Gasteiger partial charge in [-0.05, 0) is 62.3 Å². The molecular weight excluding hydrogens is 440 g/mol. The SMILES string of the molecule is CCCCCC1CCC(C(=O)Oc2ccc(-c3ncc(OCC4OC4CCCC)cn3)cc2)CC1. The highest BCUT2D eigenvalue weighted by atomic mass is 16.6. The monoisotopic (exact) mass is 480 g/mol. The fraction of sp³-hybridized carbons (Fsp3) is 0.621. The van der Waals surface area contributed by atoms with Gasteiger partial charge in [-0.15, -0.1) is 0 Å². The molecule has 0 radical (unpaired) electrons. The van der Waals surface area contributed by atoms with Gasteiger partial charge in [0.05, 0.1) is 24.4 Å². The van der Waals surface area contributed by atoms with Crippen LogP contribution in [0.25, 0.3) is 11.4 Å². The van der Waals surface area contributed by atoms with Gasteiger partial charge in [0.2, 0.25) is 0 Å². The van der Waals surface area contributed by atoms with Gasteiger partial charge in [-0.3, -0.25) is 4.79 Å². The number of hydrogen-bond acceptors (Lipinski definition) is 6. The summed E-state index contributed by atoms with van der Waals surface area (Å²) in [6, 6.07) is 7.41. The molecule has 4 rings (SSSR count). The average Bonchev–Trinajstić information content (AvgIpc) is 3.66. The van der Waals surface area contributed by atoms with Crippen molar-refractivity contribution in [1.29, 1.82) is 0 Å². The molecule has 0 bridgehead atoms. The van der Waals surface area contributed by atoms with Gasteiger partial charge < -0.3 is 14.2 Å². The lowest BCUT2D eigenvalue weighted by Gasteiger charge is -2.27. The van der Waals surface area contributed by atoms with E-state index >= 15 is 0 Å². The number of carbonyl (C=O) groups excluding carboxylic acids is 1. The molecule has 2 fully saturated rings. The van der Waals surface area contributed by atoms with Gasteiger partial charge in [0, 0.05) is 5.56 Å². The van der Waals surface area contributed by atoms with Crippen molar-refractivity contribution < 1.29 is 19.0 Å². The van der Waals surface area contributed by atoms with Crippen LogP contribution < -0.4 is 9.47 Å². The quantitative estimate of drug-likeness (QED) is 0.136. The molecule has 2 aliphatic rings. The first-order chi connectivity index (χ1) is 17.2. The van der Waals surface area contributed by atoms with E-state index in [2.05, 4.69) is 23.8 Å². The van der Waals surface area contributed by atoms with E-state index in [1.807, 2.05) is 24.3 Å². The predicted octanol–water partition coefficient (Wildman–Crippen LogP) is 6.77. The van der Waals surface area contributed by atoms with Crippen molar-refractivity contribution in [3.63, 3.8) is 0 Å². The summed E-state index contributed by atoms with van der Waals surface area (Å²) in [6.07, 6.45) is 16.8. The van der Waals surface area contributed by atoms with Gasteiger partial charge in [0.1, 0.15) is 18.5 Å². The summed E-state index contributed by atoms with van der Waals surface area (Å²) < 4.78 is 17.1. The summed E-state index contributed by atoms with van der Waals surface area (Å²) in [7, 11) is 0. The van der Waals surface area contributed by atoms with Crippen LogP contribution in [0, 0.1) is 11.8 Å². The number of ether oxygens (including phenoxy) is 3. The minimum absolute atomic E-state index is 0.0240. The maximum atomic E-state index is 12.6. The Balaban J connectivity index is 1.20. The molecule has 1 aliphatic carbocycles. The molecule has 1 aromatic carbocycles. The third-order valence-corrected chi connectivity index (χ3v) is 7.30. The van der Waals surface area contributed by atoms with Crippen molar-refractivity contribution in [2.45, 2.75) is 96.7 Å². The van der Waals surface area contributed by atoms with Crippen molar-refractivity contribution in [3.8, 4) is 22.9 Å². The summed E-state index contributed by atoms with van der Waals surface area (Å²) in [5, 5.41) is 0. The van der Waals surface area contributed by atoms with E-state index in [0.29, 0.717) is 30.0 Å². The highest BCUT2D eigenvalue weighted by Gasteiger charge is 2.38. The molecule has 2 atom stereocenters. The van der Waals surface area contributed by atoms with Crippen LogP contribution in [-0.2, 0) is 9.53 Å². The zero-order valence-electron chi connectivity index (χ0n) is 21.3. The smallest absolute Gasteiger partial charge is 0.314 e. The van der Waals surface area contributed by atoms with Crippen LogP contribution in [0.3, 0.4) is 0 Å².